The number of amides is 1. The quantitative estimate of drug-likeness (QED) is 0.522. The Balaban J connectivity index is 1.76. The minimum absolute atomic E-state index is 0.108. The van der Waals surface area contributed by atoms with E-state index in [2.05, 4.69) is 31.2 Å². The maximum atomic E-state index is 13.8. The van der Waals surface area contributed by atoms with E-state index in [1.165, 1.54) is 23.0 Å². The zero-order valence-electron chi connectivity index (χ0n) is 16.2. The molecule has 0 spiro atoms. The number of anilines is 1. The molecule has 0 atom stereocenters. The van der Waals surface area contributed by atoms with E-state index < -0.39 is 29.7 Å². The molecule has 0 unspecified atom stereocenters. The van der Waals surface area contributed by atoms with E-state index in [4.69, 9.17) is 9.84 Å². The van der Waals surface area contributed by atoms with Gasteiger partial charge in [0.15, 0.2) is 5.82 Å². The first-order valence-electron chi connectivity index (χ1n) is 8.96. The second kappa shape index (κ2) is 9.75. The first-order chi connectivity index (χ1) is 14.8. The van der Waals surface area contributed by atoms with Crippen LogP contribution in [0.2, 0.25) is 0 Å². The summed E-state index contributed by atoms with van der Waals surface area (Å²) in [6.45, 7) is 0.953. The molecule has 162 valence electrons. The highest BCUT2D eigenvalue weighted by Crippen LogP contribution is 2.24. The molecular weight excluding hydrogens is 478 g/mol. The average molecular weight is 495 g/mol. The second-order valence-corrected chi connectivity index (χ2v) is 7.27. The Morgan fingerprint density at radius 1 is 1.26 bits per heavy atom. The van der Waals surface area contributed by atoms with Gasteiger partial charge in [-0.2, -0.15) is 0 Å². The molecule has 0 aliphatic carbocycles. The number of hydrogen-bond donors (Lipinski definition) is 2. The van der Waals surface area contributed by atoms with Crippen molar-refractivity contribution in [2.75, 3.05) is 11.9 Å². The van der Waals surface area contributed by atoms with Gasteiger partial charge in [0.2, 0.25) is 0 Å². The Hall–Kier alpha value is -3.18. The topological polar surface area (TPSA) is 106 Å². The molecule has 31 heavy (non-hydrogen) atoms. The van der Waals surface area contributed by atoms with Crippen LogP contribution in [-0.2, 0) is 17.9 Å². The van der Waals surface area contributed by atoms with Crippen LogP contribution in [0.4, 0.5) is 14.6 Å². The van der Waals surface area contributed by atoms with Gasteiger partial charge < -0.3 is 19.7 Å². The van der Waals surface area contributed by atoms with Crippen molar-refractivity contribution >= 4 is 27.7 Å². The van der Waals surface area contributed by atoms with Gasteiger partial charge in [0.25, 0.3) is 11.5 Å². The predicted octanol–water partition coefficient (Wildman–Crippen LogP) is 2.55. The Kier molecular flexibility index (Phi) is 7.08. The summed E-state index contributed by atoms with van der Waals surface area (Å²) in [5, 5.41) is 11.1. The number of aromatic nitrogens is 3. The van der Waals surface area contributed by atoms with Crippen molar-refractivity contribution < 1.29 is 23.4 Å². The molecule has 0 radical (unpaired) electrons. The van der Waals surface area contributed by atoms with Crippen molar-refractivity contribution in [2.45, 2.75) is 20.1 Å². The fraction of sp³-hybridized carbons (Fsp3) is 0.200. The number of benzene rings is 1. The van der Waals surface area contributed by atoms with Crippen molar-refractivity contribution in [1.29, 1.82) is 0 Å². The van der Waals surface area contributed by atoms with E-state index in [0.717, 1.165) is 12.1 Å². The van der Waals surface area contributed by atoms with Crippen LogP contribution in [0.5, 0.6) is 5.75 Å². The van der Waals surface area contributed by atoms with E-state index >= 15 is 0 Å². The summed E-state index contributed by atoms with van der Waals surface area (Å²) in [4.78, 5) is 32.1. The maximum Gasteiger partial charge on any atom is 0.269 e. The van der Waals surface area contributed by atoms with Gasteiger partial charge in [0, 0.05) is 23.4 Å². The third-order valence-electron chi connectivity index (χ3n) is 4.25. The lowest BCUT2D eigenvalue weighted by molar-refractivity contribution is -0.118. The Morgan fingerprint density at radius 2 is 2.03 bits per heavy atom. The molecule has 0 aliphatic heterocycles. The van der Waals surface area contributed by atoms with Gasteiger partial charge in [-0.15, -0.1) is 0 Å². The van der Waals surface area contributed by atoms with Crippen LogP contribution in [0, 0.1) is 18.6 Å². The fourth-order valence-electron chi connectivity index (χ4n) is 2.66. The maximum absolute atomic E-state index is 13.8. The van der Waals surface area contributed by atoms with Crippen molar-refractivity contribution in [3.8, 4) is 5.75 Å². The molecule has 2 heterocycles. The lowest BCUT2D eigenvalue weighted by atomic mass is 10.2. The predicted molar refractivity (Wildman–Crippen MR) is 111 cm³/mol. The Bertz CT molecular complexity index is 1170. The van der Waals surface area contributed by atoms with E-state index in [1.54, 1.807) is 13.0 Å². The summed E-state index contributed by atoms with van der Waals surface area (Å²) in [7, 11) is 0. The summed E-state index contributed by atoms with van der Waals surface area (Å²) in [6, 6.07) is 4.77. The monoisotopic (exact) mass is 494 g/mol. The molecule has 11 heteroatoms. The van der Waals surface area contributed by atoms with Crippen LogP contribution in [0.25, 0.3) is 0 Å². The minimum atomic E-state index is -0.738. The molecule has 1 amide bonds. The van der Waals surface area contributed by atoms with Gasteiger partial charge in [-0.3, -0.25) is 14.6 Å². The molecule has 0 saturated carbocycles. The summed E-state index contributed by atoms with van der Waals surface area (Å²) < 4.78 is 34.0. The van der Waals surface area contributed by atoms with E-state index in [9.17, 15) is 18.4 Å². The normalized spacial score (nSPS) is 10.7. The zero-order chi connectivity index (χ0) is 22.5. The highest BCUT2D eigenvalue weighted by Gasteiger charge is 2.14. The zero-order valence-corrected chi connectivity index (χ0v) is 17.8. The molecule has 1 aromatic carbocycles. The number of ether oxygens (including phenoxy) is 1. The van der Waals surface area contributed by atoms with Gasteiger partial charge in [-0.1, -0.05) is 0 Å². The van der Waals surface area contributed by atoms with Crippen LogP contribution < -0.4 is 15.6 Å². The van der Waals surface area contributed by atoms with E-state index in [-0.39, 0.29) is 34.8 Å². The summed E-state index contributed by atoms with van der Waals surface area (Å²) >= 11 is 3.21. The number of carbonyl (C=O) groups excluding carboxylic acids is 1. The van der Waals surface area contributed by atoms with Gasteiger partial charge in [-0.25, -0.2) is 13.8 Å². The number of hydrogen-bond acceptors (Lipinski definition) is 6. The number of carbonyl (C=O) groups is 1. The molecule has 3 rings (SSSR count). The Morgan fingerprint density at radius 3 is 2.68 bits per heavy atom. The van der Waals surface area contributed by atoms with Crippen molar-refractivity contribution in [3.63, 3.8) is 0 Å². The molecule has 0 bridgehead atoms. The average Bonchev–Trinajstić information content (AvgIpc) is 2.75. The first kappa shape index (κ1) is 22.5. The Labute approximate surface area is 183 Å². The smallest absolute Gasteiger partial charge is 0.269 e. The van der Waals surface area contributed by atoms with Crippen LogP contribution >= 0.6 is 15.9 Å². The number of aryl methyl sites for hydroxylation is 1. The molecule has 2 aromatic heterocycles. The van der Waals surface area contributed by atoms with Gasteiger partial charge >= 0.3 is 0 Å². The van der Waals surface area contributed by atoms with Crippen molar-refractivity contribution in [2.24, 2.45) is 0 Å². The number of aliphatic hydroxyl groups is 1. The number of nitrogens with one attached hydrogen (secondary N) is 1. The van der Waals surface area contributed by atoms with Crippen molar-refractivity contribution in [1.82, 2.24) is 14.5 Å². The van der Waals surface area contributed by atoms with Crippen LogP contribution in [0.1, 0.15) is 17.0 Å². The molecule has 3 aromatic rings. The van der Waals surface area contributed by atoms with Crippen LogP contribution in [-0.4, -0.2) is 32.2 Å². The third kappa shape index (κ3) is 5.50. The molecule has 0 saturated heterocycles. The van der Waals surface area contributed by atoms with Gasteiger partial charge in [-0.05, 0) is 35.0 Å². The van der Waals surface area contributed by atoms with Gasteiger partial charge in [0.05, 0.1) is 24.6 Å². The van der Waals surface area contributed by atoms with Gasteiger partial charge in [0.1, 0.15) is 35.1 Å². The minimum Gasteiger partial charge on any atom is -0.487 e. The molecule has 2 N–H and O–H groups in total. The number of aliphatic hydroxyl groups excluding tert-OH is 1. The molecule has 8 nitrogen and oxygen atoms in total. The highest BCUT2D eigenvalue weighted by molar-refractivity contribution is 9.10. The SMILES string of the molecule is Cc1cc(OCc2ccc(F)cc2F)c(Br)c(=O)n1Cc1cnc(NC(=O)CO)cn1. The highest BCUT2D eigenvalue weighted by atomic mass is 79.9. The second-order valence-electron chi connectivity index (χ2n) is 6.48. The standard InChI is InChI=1S/C20H17BrF2N4O4/c1-11-4-16(31-10-12-2-3-13(22)5-15(12)23)19(21)20(30)27(11)8-14-6-25-17(7-24-14)26-18(29)9-28/h2-7,28H,8-10H2,1H3,(H,25,26,29). The molecule has 0 fully saturated rings. The molecule has 0 aliphatic rings. The van der Waals surface area contributed by atoms with Crippen molar-refractivity contribution in [3.05, 3.63) is 80.1 Å². The number of rotatable bonds is 7. The molecular formula is C20H17BrF2N4O4. The summed E-state index contributed by atoms with van der Waals surface area (Å²) in [5.74, 6) is -1.65. The van der Waals surface area contributed by atoms with Crippen LogP contribution in [0.3, 0.4) is 0 Å². The fourth-order valence-corrected chi connectivity index (χ4v) is 3.10. The van der Waals surface area contributed by atoms with Crippen LogP contribution in [0.15, 0.2) is 45.9 Å². The third-order valence-corrected chi connectivity index (χ3v) is 4.98. The summed E-state index contributed by atoms with van der Waals surface area (Å²) in [5.41, 5.74) is 0.774. The number of pyridine rings is 1. The number of halogens is 3. The van der Waals surface area contributed by atoms with E-state index in [1.807, 2.05) is 0 Å². The largest absolute Gasteiger partial charge is 0.487 e. The lowest BCUT2D eigenvalue weighted by Gasteiger charge is -2.14. The first-order valence-corrected chi connectivity index (χ1v) is 9.76. The summed E-state index contributed by atoms with van der Waals surface area (Å²) in [6.07, 6.45) is 2.71. The van der Waals surface area contributed by atoms with E-state index in [0.29, 0.717) is 11.4 Å². The lowest BCUT2D eigenvalue weighted by Crippen LogP contribution is -2.25. The number of nitrogens with zero attached hydrogens (tertiary/aromatic N) is 3.